The van der Waals surface area contributed by atoms with Crippen LogP contribution in [0.15, 0.2) is 18.2 Å². The number of nitrogens with zero attached hydrogens (tertiary/aromatic N) is 2. The molecule has 0 radical (unpaired) electrons. The molecule has 0 aromatic heterocycles. The molecule has 5 nitrogen and oxygen atoms in total. The molecule has 2 unspecified atom stereocenters. The predicted octanol–water partition coefficient (Wildman–Crippen LogP) is 3.12. The van der Waals surface area contributed by atoms with Crippen molar-refractivity contribution in [3.05, 3.63) is 28.3 Å². The van der Waals surface area contributed by atoms with Crippen LogP contribution in [0.5, 0.6) is 0 Å². The predicted molar refractivity (Wildman–Crippen MR) is 77.8 cm³/mol. The average Bonchev–Trinajstić information content (AvgIpc) is 2.37. The van der Waals surface area contributed by atoms with Crippen LogP contribution in [0.4, 0.5) is 17.1 Å². The summed E-state index contributed by atoms with van der Waals surface area (Å²) in [6, 6.07) is 5.23. The van der Waals surface area contributed by atoms with Gasteiger partial charge in [-0.2, -0.15) is 0 Å². The lowest BCUT2D eigenvalue weighted by atomic mass is 9.91. The molecule has 1 aromatic rings. The molecule has 0 spiro atoms. The molecule has 1 heterocycles. The number of hydrogen-bond donors (Lipinski definition) is 1. The second kappa shape index (κ2) is 5.47. The standard InChI is InChI=1S/C14H21N3O2/c1-10-4-11(2)9-16(8-10)13-5-12(15-3)6-14(7-13)17(18)19/h5-7,10-11,15H,4,8-9H2,1-3H3. The Labute approximate surface area is 113 Å². The van der Waals surface area contributed by atoms with Crippen molar-refractivity contribution >= 4 is 17.1 Å². The van der Waals surface area contributed by atoms with Gasteiger partial charge in [-0.15, -0.1) is 0 Å². The van der Waals surface area contributed by atoms with E-state index >= 15 is 0 Å². The first-order valence-electron chi connectivity index (χ1n) is 6.71. The first-order chi connectivity index (χ1) is 8.99. The third-order valence-electron chi connectivity index (χ3n) is 3.64. The number of non-ortho nitro benzene ring substituents is 1. The summed E-state index contributed by atoms with van der Waals surface area (Å²) < 4.78 is 0. The number of hydrogen-bond acceptors (Lipinski definition) is 4. The summed E-state index contributed by atoms with van der Waals surface area (Å²) >= 11 is 0. The third-order valence-corrected chi connectivity index (χ3v) is 3.64. The van der Waals surface area contributed by atoms with E-state index in [1.165, 1.54) is 6.42 Å². The lowest BCUT2D eigenvalue weighted by Crippen LogP contribution is -2.38. The van der Waals surface area contributed by atoms with Gasteiger partial charge < -0.3 is 10.2 Å². The molecule has 1 N–H and O–H groups in total. The van der Waals surface area contributed by atoms with Crippen LogP contribution in [0, 0.1) is 22.0 Å². The van der Waals surface area contributed by atoms with Gasteiger partial charge >= 0.3 is 0 Å². The molecule has 1 saturated heterocycles. The summed E-state index contributed by atoms with van der Waals surface area (Å²) in [5, 5.41) is 14.0. The fourth-order valence-corrected chi connectivity index (χ4v) is 2.90. The van der Waals surface area contributed by atoms with Gasteiger partial charge in [0.1, 0.15) is 0 Å². The Bertz CT molecular complexity index is 466. The van der Waals surface area contributed by atoms with E-state index in [0.717, 1.165) is 24.5 Å². The second-order valence-corrected chi connectivity index (χ2v) is 5.60. The van der Waals surface area contributed by atoms with Crippen molar-refractivity contribution in [1.82, 2.24) is 0 Å². The van der Waals surface area contributed by atoms with E-state index < -0.39 is 0 Å². The van der Waals surface area contributed by atoms with Gasteiger partial charge in [0.05, 0.1) is 4.92 Å². The molecular weight excluding hydrogens is 242 g/mol. The lowest BCUT2D eigenvalue weighted by molar-refractivity contribution is -0.384. The van der Waals surface area contributed by atoms with Crippen LogP contribution in [-0.2, 0) is 0 Å². The Hall–Kier alpha value is -1.78. The quantitative estimate of drug-likeness (QED) is 0.672. The molecule has 0 amide bonds. The minimum absolute atomic E-state index is 0.146. The zero-order chi connectivity index (χ0) is 14.0. The maximum Gasteiger partial charge on any atom is 0.273 e. The molecule has 0 aliphatic carbocycles. The molecule has 1 aliphatic heterocycles. The number of nitrogens with one attached hydrogen (secondary N) is 1. The normalized spacial score (nSPS) is 23.2. The van der Waals surface area contributed by atoms with Gasteiger partial charge in [0.15, 0.2) is 0 Å². The van der Waals surface area contributed by atoms with Crippen LogP contribution < -0.4 is 10.2 Å². The Morgan fingerprint density at radius 3 is 2.42 bits per heavy atom. The van der Waals surface area contributed by atoms with E-state index in [0.29, 0.717) is 11.8 Å². The molecule has 0 saturated carbocycles. The van der Waals surface area contributed by atoms with E-state index in [9.17, 15) is 10.1 Å². The molecule has 2 atom stereocenters. The zero-order valence-electron chi connectivity index (χ0n) is 11.7. The summed E-state index contributed by atoms with van der Waals surface area (Å²) in [7, 11) is 1.78. The molecule has 5 heteroatoms. The summed E-state index contributed by atoms with van der Waals surface area (Å²) in [6.45, 7) is 6.40. The van der Waals surface area contributed by atoms with Crippen LogP contribution >= 0.6 is 0 Å². The minimum atomic E-state index is -0.332. The summed E-state index contributed by atoms with van der Waals surface area (Å²) in [6.07, 6.45) is 1.23. The van der Waals surface area contributed by atoms with Gasteiger partial charge in [-0.1, -0.05) is 13.8 Å². The van der Waals surface area contributed by atoms with Crippen molar-refractivity contribution < 1.29 is 4.92 Å². The second-order valence-electron chi connectivity index (χ2n) is 5.60. The van der Waals surface area contributed by atoms with Crippen molar-refractivity contribution in [3.8, 4) is 0 Å². The Balaban J connectivity index is 2.32. The highest BCUT2D eigenvalue weighted by Crippen LogP contribution is 2.31. The summed E-state index contributed by atoms with van der Waals surface area (Å²) in [4.78, 5) is 12.9. The zero-order valence-corrected chi connectivity index (χ0v) is 11.7. The highest BCUT2D eigenvalue weighted by molar-refractivity contribution is 5.64. The van der Waals surface area contributed by atoms with Crippen molar-refractivity contribution in [1.29, 1.82) is 0 Å². The first-order valence-corrected chi connectivity index (χ1v) is 6.71. The lowest BCUT2D eigenvalue weighted by Gasteiger charge is -2.36. The molecule has 2 rings (SSSR count). The third kappa shape index (κ3) is 3.16. The SMILES string of the molecule is CNc1cc(N2CC(C)CC(C)C2)cc([N+](=O)[O-])c1. The molecule has 1 fully saturated rings. The van der Waals surface area contributed by atoms with E-state index in [1.54, 1.807) is 19.2 Å². The van der Waals surface area contributed by atoms with E-state index in [2.05, 4.69) is 24.1 Å². The number of nitro benzene ring substituents is 1. The van der Waals surface area contributed by atoms with Crippen LogP contribution in [0.2, 0.25) is 0 Å². The number of benzene rings is 1. The van der Waals surface area contributed by atoms with Gasteiger partial charge in [0.25, 0.3) is 5.69 Å². The fourth-order valence-electron chi connectivity index (χ4n) is 2.90. The first kappa shape index (κ1) is 13.6. The van der Waals surface area contributed by atoms with Crippen LogP contribution in [0.3, 0.4) is 0 Å². The van der Waals surface area contributed by atoms with Crippen LogP contribution in [-0.4, -0.2) is 25.1 Å². The molecule has 104 valence electrons. The van der Waals surface area contributed by atoms with Crippen molar-refractivity contribution in [2.75, 3.05) is 30.4 Å². The molecule has 19 heavy (non-hydrogen) atoms. The largest absolute Gasteiger partial charge is 0.388 e. The van der Waals surface area contributed by atoms with Crippen molar-refractivity contribution in [2.24, 2.45) is 11.8 Å². The maximum atomic E-state index is 11.0. The maximum absolute atomic E-state index is 11.0. The van der Waals surface area contributed by atoms with Gasteiger partial charge in [0.2, 0.25) is 0 Å². The molecule has 1 aromatic carbocycles. The molecule has 0 bridgehead atoms. The summed E-state index contributed by atoms with van der Waals surface area (Å²) in [5.41, 5.74) is 1.87. The van der Waals surface area contributed by atoms with Gasteiger partial charge in [-0.3, -0.25) is 10.1 Å². The van der Waals surface area contributed by atoms with Crippen molar-refractivity contribution in [3.63, 3.8) is 0 Å². The molecule has 1 aliphatic rings. The number of anilines is 2. The topological polar surface area (TPSA) is 58.4 Å². The van der Waals surface area contributed by atoms with Gasteiger partial charge in [-0.25, -0.2) is 0 Å². The number of nitro groups is 1. The highest BCUT2D eigenvalue weighted by Gasteiger charge is 2.23. The molecular formula is C14H21N3O2. The number of rotatable bonds is 3. The Morgan fingerprint density at radius 1 is 1.26 bits per heavy atom. The average molecular weight is 263 g/mol. The smallest absolute Gasteiger partial charge is 0.273 e. The van der Waals surface area contributed by atoms with Crippen LogP contribution in [0.1, 0.15) is 20.3 Å². The highest BCUT2D eigenvalue weighted by atomic mass is 16.6. The Morgan fingerprint density at radius 2 is 1.89 bits per heavy atom. The van der Waals surface area contributed by atoms with E-state index in [1.807, 2.05) is 6.07 Å². The van der Waals surface area contributed by atoms with Crippen molar-refractivity contribution in [2.45, 2.75) is 20.3 Å². The van der Waals surface area contributed by atoms with Gasteiger partial charge in [-0.05, 0) is 24.3 Å². The Kier molecular flexibility index (Phi) is 3.93. The number of piperidine rings is 1. The van der Waals surface area contributed by atoms with Crippen LogP contribution in [0.25, 0.3) is 0 Å². The van der Waals surface area contributed by atoms with E-state index in [-0.39, 0.29) is 10.6 Å². The monoisotopic (exact) mass is 263 g/mol. The fraction of sp³-hybridized carbons (Fsp3) is 0.571. The van der Waals surface area contributed by atoms with E-state index in [4.69, 9.17) is 0 Å². The minimum Gasteiger partial charge on any atom is -0.388 e. The van der Waals surface area contributed by atoms with Gasteiger partial charge in [0, 0.05) is 43.6 Å². The summed E-state index contributed by atoms with van der Waals surface area (Å²) in [5.74, 6) is 1.25.